The summed E-state index contributed by atoms with van der Waals surface area (Å²) in [6, 6.07) is 10.3. The molecule has 0 spiro atoms. The van der Waals surface area contributed by atoms with Gasteiger partial charge < -0.3 is 18.9 Å². The lowest BCUT2D eigenvalue weighted by atomic mass is 10.2. The Hall–Kier alpha value is -3.22. The van der Waals surface area contributed by atoms with E-state index in [0.29, 0.717) is 34.1 Å². The fourth-order valence-corrected chi connectivity index (χ4v) is 2.22. The average Bonchev–Trinajstić information content (AvgIpc) is 2.67. The minimum atomic E-state index is -0.352. The average molecular weight is 344 g/mol. The molecule has 0 fully saturated rings. The molecule has 2 aromatic carbocycles. The lowest BCUT2D eigenvalue weighted by Gasteiger charge is -2.13. The molecule has 0 aliphatic heterocycles. The van der Waals surface area contributed by atoms with E-state index in [1.165, 1.54) is 20.4 Å². The van der Waals surface area contributed by atoms with Crippen LogP contribution in [0.3, 0.4) is 0 Å². The van der Waals surface area contributed by atoms with Crippen molar-refractivity contribution in [3.8, 4) is 23.0 Å². The monoisotopic (exact) mass is 344 g/mol. The van der Waals surface area contributed by atoms with Gasteiger partial charge in [0.2, 0.25) is 5.75 Å². The van der Waals surface area contributed by atoms with Crippen molar-refractivity contribution in [1.29, 1.82) is 0 Å². The second-order valence-electron chi connectivity index (χ2n) is 4.85. The molecule has 7 heteroatoms. The maximum atomic E-state index is 12.1. The number of nitrogens with one attached hydrogen (secondary N) is 1. The van der Waals surface area contributed by atoms with Crippen LogP contribution >= 0.6 is 0 Å². The highest BCUT2D eigenvalue weighted by molar-refractivity contribution is 5.95. The molecule has 2 aromatic rings. The van der Waals surface area contributed by atoms with Gasteiger partial charge in [-0.15, -0.1) is 0 Å². The Morgan fingerprint density at radius 2 is 1.72 bits per heavy atom. The maximum Gasteiger partial charge on any atom is 0.271 e. The normalized spacial score (nSPS) is 10.4. The highest BCUT2D eigenvalue weighted by atomic mass is 16.5. The van der Waals surface area contributed by atoms with Gasteiger partial charge in [-0.25, -0.2) is 5.43 Å². The molecule has 0 aliphatic carbocycles. The number of benzene rings is 2. The molecule has 0 atom stereocenters. The third-order valence-electron chi connectivity index (χ3n) is 3.44. The van der Waals surface area contributed by atoms with Gasteiger partial charge in [-0.3, -0.25) is 4.79 Å². The minimum absolute atomic E-state index is 0.352. The number of hydrogen-bond acceptors (Lipinski definition) is 6. The van der Waals surface area contributed by atoms with Crippen LogP contribution in [0.25, 0.3) is 0 Å². The van der Waals surface area contributed by atoms with Crippen LogP contribution < -0.4 is 24.4 Å². The van der Waals surface area contributed by atoms with E-state index in [-0.39, 0.29) is 5.91 Å². The Labute approximate surface area is 146 Å². The van der Waals surface area contributed by atoms with Crippen molar-refractivity contribution in [2.45, 2.75) is 0 Å². The fourth-order valence-electron chi connectivity index (χ4n) is 2.22. The summed E-state index contributed by atoms with van der Waals surface area (Å²) in [5.74, 6) is 1.69. The first-order valence-electron chi connectivity index (χ1n) is 7.41. The summed E-state index contributed by atoms with van der Waals surface area (Å²) in [6.07, 6.45) is 1.47. The van der Waals surface area contributed by atoms with Gasteiger partial charge in [0.1, 0.15) is 5.75 Å². The van der Waals surface area contributed by atoms with Crippen LogP contribution in [0.15, 0.2) is 41.5 Å². The predicted molar refractivity (Wildman–Crippen MR) is 94.2 cm³/mol. The summed E-state index contributed by atoms with van der Waals surface area (Å²) in [4.78, 5) is 12.1. The number of hydrazone groups is 1. The largest absolute Gasteiger partial charge is 0.497 e. The third kappa shape index (κ3) is 4.20. The van der Waals surface area contributed by atoms with Crippen molar-refractivity contribution in [2.24, 2.45) is 5.10 Å². The highest BCUT2D eigenvalue weighted by Gasteiger charge is 2.14. The molecule has 0 saturated carbocycles. The minimum Gasteiger partial charge on any atom is -0.497 e. The van der Waals surface area contributed by atoms with E-state index < -0.39 is 0 Å². The van der Waals surface area contributed by atoms with Crippen LogP contribution in [0, 0.1) is 0 Å². The molecule has 0 aromatic heterocycles. The number of nitrogens with zero attached hydrogens (tertiary/aromatic N) is 1. The number of rotatable bonds is 7. The molecule has 0 aliphatic rings. The summed E-state index contributed by atoms with van der Waals surface area (Å²) in [5, 5.41) is 3.97. The van der Waals surface area contributed by atoms with E-state index in [0.717, 1.165) is 0 Å². The van der Waals surface area contributed by atoms with Gasteiger partial charge in [0.15, 0.2) is 11.5 Å². The molecular formula is C18H20N2O5. The van der Waals surface area contributed by atoms with Crippen LogP contribution in [0.2, 0.25) is 0 Å². The van der Waals surface area contributed by atoms with Crippen LogP contribution in [0.1, 0.15) is 15.9 Å². The molecule has 0 saturated heterocycles. The van der Waals surface area contributed by atoms with Crippen molar-refractivity contribution >= 4 is 12.1 Å². The third-order valence-corrected chi connectivity index (χ3v) is 3.44. The Balaban J connectivity index is 2.17. The van der Waals surface area contributed by atoms with Gasteiger partial charge in [0.25, 0.3) is 5.91 Å². The van der Waals surface area contributed by atoms with Gasteiger partial charge in [0.05, 0.1) is 34.7 Å². The summed E-state index contributed by atoms with van der Waals surface area (Å²) in [5.41, 5.74) is 3.53. The Kier molecular flexibility index (Phi) is 6.22. The molecule has 0 bridgehead atoms. The molecule has 132 valence electrons. The first-order valence-corrected chi connectivity index (χ1v) is 7.41. The predicted octanol–water partition coefficient (Wildman–Crippen LogP) is 2.48. The molecule has 1 N–H and O–H groups in total. The topological polar surface area (TPSA) is 78.4 Å². The number of amides is 1. The molecule has 0 heterocycles. The summed E-state index contributed by atoms with van der Waals surface area (Å²) in [7, 11) is 6.12. The van der Waals surface area contributed by atoms with Gasteiger partial charge in [-0.2, -0.15) is 5.10 Å². The van der Waals surface area contributed by atoms with E-state index in [1.807, 2.05) is 0 Å². The lowest BCUT2D eigenvalue weighted by molar-refractivity contribution is 0.0955. The number of ether oxygens (including phenoxy) is 4. The molecule has 1 amide bonds. The lowest BCUT2D eigenvalue weighted by Crippen LogP contribution is -2.17. The number of hydrogen-bond donors (Lipinski definition) is 1. The van der Waals surface area contributed by atoms with E-state index in [2.05, 4.69) is 10.5 Å². The van der Waals surface area contributed by atoms with Crippen LogP contribution in [0.4, 0.5) is 0 Å². The Morgan fingerprint density at radius 3 is 2.36 bits per heavy atom. The highest BCUT2D eigenvalue weighted by Crippen LogP contribution is 2.38. The zero-order valence-corrected chi connectivity index (χ0v) is 14.5. The van der Waals surface area contributed by atoms with Gasteiger partial charge >= 0.3 is 0 Å². The zero-order chi connectivity index (χ0) is 18.2. The zero-order valence-electron chi connectivity index (χ0n) is 14.5. The second-order valence-corrected chi connectivity index (χ2v) is 4.85. The van der Waals surface area contributed by atoms with Gasteiger partial charge in [-0.05, 0) is 30.3 Å². The Bertz CT molecular complexity index is 774. The SMILES string of the molecule is COc1cccc(C(=O)NN=Cc2ccc(OC)c(OC)c2OC)c1. The van der Waals surface area contributed by atoms with Crippen molar-refractivity contribution in [3.05, 3.63) is 47.5 Å². The molecule has 0 radical (unpaired) electrons. The first-order chi connectivity index (χ1) is 12.1. The van der Waals surface area contributed by atoms with Gasteiger partial charge in [0, 0.05) is 11.1 Å². The van der Waals surface area contributed by atoms with Crippen LogP contribution in [-0.4, -0.2) is 40.6 Å². The second kappa shape index (κ2) is 8.58. The maximum absolute atomic E-state index is 12.1. The summed E-state index contributed by atoms with van der Waals surface area (Å²) < 4.78 is 21.0. The standard InChI is InChI=1S/C18H20N2O5/c1-22-14-7-5-6-12(10-14)18(21)20-19-11-13-8-9-15(23-2)17(25-4)16(13)24-3/h5-11H,1-4H3,(H,20,21). The van der Waals surface area contributed by atoms with E-state index >= 15 is 0 Å². The van der Waals surface area contributed by atoms with Gasteiger partial charge in [-0.1, -0.05) is 6.07 Å². The van der Waals surface area contributed by atoms with Crippen molar-refractivity contribution in [2.75, 3.05) is 28.4 Å². The summed E-state index contributed by atoms with van der Waals surface area (Å²) >= 11 is 0. The van der Waals surface area contributed by atoms with Crippen molar-refractivity contribution in [3.63, 3.8) is 0 Å². The number of carbonyl (C=O) groups is 1. The first kappa shape index (κ1) is 18.1. The molecule has 0 unspecified atom stereocenters. The molecule has 7 nitrogen and oxygen atoms in total. The van der Waals surface area contributed by atoms with Crippen LogP contribution in [0.5, 0.6) is 23.0 Å². The van der Waals surface area contributed by atoms with E-state index in [4.69, 9.17) is 18.9 Å². The quantitative estimate of drug-likeness (QED) is 0.617. The van der Waals surface area contributed by atoms with Crippen LogP contribution in [-0.2, 0) is 0 Å². The van der Waals surface area contributed by atoms with E-state index in [9.17, 15) is 4.79 Å². The number of methoxy groups -OCH3 is 4. The number of carbonyl (C=O) groups excluding carboxylic acids is 1. The summed E-state index contributed by atoms with van der Waals surface area (Å²) in [6.45, 7) is 0. The molecule has 2 rings (SSSR count). The Morgan fingerprint density at radius 1 is 0.960 bits per heavy atom. The van der Waals surface area contributed by atoms with Crippen molar-refractivity contribution in [1.82, 2.24) is 5.43 Å². The fraction of sp³-hybridized carbons (Fsp3) is 0.222. The molecular weight excluding hydrogens is 324 g/mol. The van der Waals surface area contributed by atoms with Crippen molar-refractivity contribution < 1.29 is 23.7 Å². The molecule has 25 heavy (non-hydrogen) atoms. The smallest absolute Gasteiger partial charge is 0.271 e. The van der Waals surface area contributed by atoms with E-state index in [1.54, 1.807) is 50.6 Å².